The van der Waals surface area contributed by atoms with Crippen LogP contribution in [0.4, 0.5) is 5.69 Å². The van der Waals surface area contributed by atoms with Gasteiger partial charge in [-0.3, -0.25) is 14.9 Å². The van der Waals surface area contributed by atoms with Gasteiger partial charge in [-0.1, -0.05) is 0 Å². The number of hydrogen-bond acceptors (Lipinski definition) is 4. The van der Waals surface area contributed by atoms with Gasteiger partial charge in [0.1, 0.15) is 0 Å². The lowest BCUT2D eigenvalue weighted by Gasteiger charge is -2.33. The number of nitro benzene ring substituents is 1. The molecule has 0 N–H and O–H groups in total. The van der Waals surface area contributed by atoms with Crippen LogP contribution in [0.3, 0.4) is 0 Å². The molecule has 0 spiro atoms. The summed E-state index contributed by atoms with van der Waals surface area (Å²) in [5, 5.41) is 11.0. The molecule has 1 aliphatic rings. The van der Waals surface area contributed by atoms with Crippen LogP contribution in [-0.2, 0) is 0 Å². The third kappa shape index (κ3) is 2.74. The van der Waals surface area contributed by atoms with Crippen LogP contribution in [0.2, 0.25) is 0 Å². The van der Waals surface area contributed by atoms with E-state index < -0.39 is 4.92 Å². The Labute approximate surface area is 117 Å². The van der Waals surface area contributed by atoms with Crippen molar-refractivity contribution in [1.29, 1.82) is 0 Å². The predicted octanol–water partition coefficient (Wildman–Crippen LogP) is 2.62. The van der Waals surface area contributed by atoms with Gasteiger partial charge in [-0.2, -0.15) is 0 Å². The number of rotatable bonds is 3. The van der Waals surface area contributed by atoms with Crippen molar-refractivity contribution in [2.45, 2.75) is 32.2 Å². The molecule has 0 aliphatic carbocycles. The monoisotopic (exact) mass is 278 g/mol. The van der Waals surface area contributed by atoms with Crippen LogP contribution in [0.5, 0.6) is 5.75 Å². The molecule has 1 amide bonds. The minimum absolute atomic E-state index is 0.150. The second-order valence-electron chi connectivity index (χ2n) is 4.99. The smallest absolute Gasteiger partial charge is 0.311 e. The van der Waals surface area contributed by atoms with E-state index in [2.05, 4.69) is 0 Å². The van der Waals surface area contributed by atoms with E-state index in [-0.39, 0.29) is 23.4 Å². The minimum Gasteiger partial charge on any atom is -0.490 e. The van der Waals surface area contributed by atoms with E-state index in [0.29, 0.717) is 12.1 Å². The number of likely N-dealkylation sites (tertiary alicyclic amines) is 1. The Balaban J connectivity index is 2.30. The zero-order valence-electron chi connectivity index (χ0n) is 11.7. The molecule has 2 rings (SSSR count). The highest BCUT2D eigenvalue weighted by atomic mass is 16.6. The average Bonchev–Trinajstić information content (AvgIpc) is 2.46. The van der Waals surface area contributed by atoms with Gasteiger partial charge in [0.2, 0.25) is 0 Å². The summed E-state index contributed by atoms with van der Waals surface area (Å²) in [7, 11) is 1.37. The van der Waals surface area contributed by atoms with Crippen molar-refractivity contribution in [3.8, 4) is 5.75 Å². The summed E-state index contributed by atoms with van der Waals surface area (Å²) >= 11 is 0. The standard InChI is InChI=1S/C14H18N2O4/c1-10-5-3-4-8-15(10)14(17)11-6-7-13(20-2)12(9-11)16(18)19/h6-7,9-10H,3-5,8H2,1-2H3/t10-/m1/s1. The van der Waals surface area contributed by atoms with Crippen molar-refractivity contribution in [2.75, 3.05) is 13.7 Å². The maximum Gasteiger partial charge on any atom is 0.311 e. The zero-order chi connectivity index (χ0) is 14.7. The lowest BCUT2D eigenvalue weighted by atomic mass is 10.0. The van der Waals surface area contributed by atoms with Crippen molar-refractivity contribution in [2.24, 2.45) is 0 Å². The number of piperidine rings is 1. The Morgan fingerprint density at radius 2 is 2.20 bits per heavy atom. The number of nitro groups is 1. The van der Waals surface area contributed by atoms with Crippen LogP contribution >= 0.6 is 0 Å². The molecule has 0 aromatic heterocycles. The fourth-order valence-electron chi connectivity index (χ4n) is 2.53. The molecular formula is C14H18N2O4. The van der Waals surface area contributed by atoms with E-state index in [1.807, 2.05) is 6.92 Å². The largest absolute Gasteiger partial charge is 0.490 e. The topological polar surface area (TPSA) is 72.7 Å². The summed E-state index contributed by atoms with van der Waals surface area (Å²) in [6, 6.07) is 4.52. The number of carbonyl (C=O) groups is 1. The highest BCUT2D eigenvalue weighted by Gasteiger charge is 2.26. The van der Waals surface area contributed by atoms with E-state index in [1.165, 1.54) is 19.2 Å². The molecule has 6 nitrogen and oxygen atoms in total. The first-order valence-electron chi connectivity index (χ1n) is 6.68. The molecule has 0 radical (unpaired) electrons. The molecule has 1 heterocycles. The number of hydrogen-bond donors (Lipinski definition) is 0. The Kier molecular flexibility index (Phi) is 4.22. The van der Waals surface area contributed by atoms with Gasteiger partial charge in [0.05, 0.1) is 12.0 Å². The highest BCUT2D eigenvalue weighted by Crippen LogP contribution is 2.29. The van der Waals surface area contributed by atoms with E-state index >= 15 is 0 Å². The number of carbonyl (C=O) groups excluding carboxylic acids is 1. The summed E-state index contributed by atoms with van der Waals surface area (Å²) in [5.74, 6) is 0.0150. The number of nitrogens with zero attached hydrogens (tertiary/aromatic N) is 2. The van der Waals surface area contributed by atoms with Crippen LogP contribution < -0.4 is 4.74 Å². The average molecular weight is 278 g/mol. The fraction of sp³-hybridized carbons (Fsp3) is 0.500. The maximum absolute atomic E-state index is 12.4. The van der Waals surface area contributed by atoms with E-state index in [9.17, 15) is 14.9 Å². The normalized spacial score (nSPS) is 18.7. The van der Waals surface area contributed by atoms with Crippen molar-refractivity contribution >= 4 is 11.6 Å². The molecule has 1 saturated heterocycles. The summed E-state index contributed by atoms with van der Waals surface area (Å²) in [4.78, 5) is 24.7. The number of ether oxygens (including phenoxy) is 1. The minimum atomic E-state index is -0.532. The van der Waals surface area contributed by atoms with E-state index in [0.717, 1.165) is 19.3 Å². The van der Waals surface area contributed by atoms with Gasteiger partial charge in [-0.05, 0) is 38.3 Å². The van der Waals surface area contributed by atoms with E-state index in [1.54, 1.807) is 11.0 Å². The molecule has 1 aromatic carbocycles. The van der Waals surface area contributed by atoms with Crippen LogP contribution in [0.25, 0.3) is 0 Å². The van der Waals surface area contributed by atoms with Gasteiger partial charge < -0.3 is 9.64 Å². The fourth-order valence-corrected chi connectivity index (χ4v) is 2.53. The molecule has 1 aromatic rings. The molecule has 1 atom stereocenters. The summed E-state index contributed by atoms with van der Waals surface area (Å²) in [5.41, 5.74) is 0.161. The van der Waals surface area contributed by atoms with Crippen molar-refractivity contribution < 1.29 is 14.5 Å². The molecule has 0 saturated carbocycles. The van der Waals surface area contributed by atoms with Gasteiger partial charge in [0.15, 0.2) is 5.75 Å². The van der Waals surface area contributed by atoms with Crippen molar-refractivity contribution in [1.82, 2.24) is 4.90 Å². The van der Waals surface area contributed by atoms with Gasteiger partial charge in [0.25, 0.3) is 5.91 Å². The highest BCUT2D eigenvalue weighted by molar-refractivity contribution is 5.95. The lowest BCUT2D eigenvalue weighted by Crippen LogP contribution is -2.42. The first kappa shape index (κ1) is 14.3. The number of benzene rings is 1. The molecule has 108 valence electrons. The maximum atomic E-state index is 12.4. The van der Waals surface area contributed by atoms with Crippen LogP contribution in [-0.4, -0.2) is 35.4 Å². The summed E-state index contributed by atoms with van der Waals surface area (Å²) in [6.45, 7) is 2.72. The third-order valence-electron chi connectivity index (χ3n) is 3.69. The SMILES string of the molecule is COc1ccc(C(=O)N2CCCC[C@H]2C)cc1[N+](=O)[O-]. The van der Waals surface area contributed by atoms with Gasteiger partial charge in [-0.25, -0.2) is 0 Å². The second-order valence-corrected chi connectivity index (χ2v) is 4.99. The predicted molar refractivity (Wildman–Crippen MR) is 74.0 cm³/mol. The van der Waals surface area contributed by atoms with Gasteiger partial charge in [-0.15, -0.1) is 0 Å². The Morgan fingerprint density at radius 3 is 2.80 bits per heavy atom. The Bertz CT molecular complexity index is 530. The molecule has 0 bridgehead atoms. The van der Waals surface area contributed by atoms with Crippen LogP contribution in [0.1, 0.15) is 36.5 Å². The van der Waals surface area contributed by atoms with Gasteiger partial charge in [0, 0.05) is 24.2 Å². The summed E-state index contributed by atoms with van der Waals surface area (Å²) in [6.07, 6.45) is 3.08. The lowest BCUT2D eigenvalue weighted by molar-refractivity contribution is -0.385. The molecule has 0 unspecified atom stereocenters. The molecule has 20 heavy (non-hydrogen) atoms. The van der Waals surface area contributed by atoms with Gasteiger partial charge >= 0.3 is 5.69 Å². The Hall–Kier alpha value is -2.11. The second kappa shape index (κ2) is 5.90. The van der Waals surface area contributed by atoms with Crippen molar-refractivity contribution in [3.63, 3.8) is 0 Å². The number of methoxy groups -OCH3 is 1. The molecule has 6 heteroatoms. The van der Waals surface area contributed by atoms with Crippen molar-refractivity contribution in [3.05, 3.63) is 33.9 Å². The molecule has 1 fully saturated rings. The quantitative estimate of drug-likeness (QED) is 0.629. The summed E-state index contributed by atoms with van der Waals surface area (Å²) < 4.78 is 4.94. The zero-order valence-corrected chi connectivity index (χ0v) is 11.7. The first-order chi connectivity index (χ1) is 9.54. The first-order valence-corrected chi connectivity index (χ1v) is 6.68. The Morgan fingerprint density at radius 1 is 1.45 bits per heavy atom. The van der Waals surface area contributed by atoms with Crippen LogP contribution in [0, 0.1) is 10.1 Å². The molecular weight excluding hydrogens is 260 g/mol. The van der Waals surface area contributed by atoms with Crippen LogP contribution in [0.15, 0.2) is 18.2 Å². The third-order valence-corrected chi connectivity index (χ3v) is 3.69. The number of amides is 1. The van der Waals surface area contributed by atoms with E-state index in [4.69, 9.17) is 4.74 Å². The molecule has 1 aliphatic heterocycles.